The van der Waals surface area contributed by atoms with Crippen LogP contribution in [-0.2, 0) is 17.6 Å². The normalized spacial score (nSPS) is 14.3. The largest absolute Gasteiger partial charge is 0.483 e. The van der Waals surface area contributed by atoms with Crippen molar-refractivity contribution in [2.24, 2.45) is 0 Å². The molecule has 0 fully saturated rings. The third kappa shape index (κ3) is 3.72. The molecule has 2 aromatic rings. The number of hydrogen-bond donors (Lipinski definition) is 1. The van der Waals surface area contributed by atoms with E-state index in [0.717, 1.165) is 36.3 Å². The van der Waals surface area contributed by atoms with Crippen LogP contribution in [0.5, 0.6) is 5.75 Å². The van der Waals surface area contributed by atoms with Crippen LogP contribution < -0.4 is 10.1 Å². The van der Waals surface area contributed by atoms with Crippen LogP contribution in [0.25, 0.3) is 0 Å². The van der Waals surface area contributed by atoms with E-state index in [1.54, 1.807) is 11.3 Å². The standard InChI is InChI=1S/C18H22N2O2S/c1-3-12(2)13-7-4-5-9-15(13)22-11-17(21)20-18-19-14-8-6-10-16(14)23-18/h4-5,7,9,12H,3,6,8,10-11H2,1-2H3,(H,19,20,21)/t12-/m1/s1. The Morgan fingerprint density at radius 2 is 2.22 bits per heavy atom. The molecule has 5 heteroatoms. The quantitative estimate of drug-likeness (QED) is 0.865. The molecule has 0 unspecified atom stereocenters. The zero-order valence-corrected chi connectivity index (χ0v) is 14.4. The first-order valence-electron chi connectivity index (χ1n) is 8.17. The first-order chi connectivity index (χ1) is 11.2. The topological polar surface area (TPSA) is 51.2 Å². The van der Waals surface area contributed by atoms with E-state index in [4.69, 9.17) is 4.74 Å². The number of nitrogens with one attached hydrogen (secondary N) is 1. The molecule has 1 atom stereocenters. The molecule has 0 saturated carbocycles. The lowest BCUT2D eigenvalue weighted by Crippen LogP contribution is -2.20. The highest BCUT2D eigenvalue weighted by Crippen LogP contribution is 2.31. The van der Waals surface area contributed by atoms with E-state index >= 15 is 0 Å². The third-order valence-corrected chi connectivity index (χ3v) is 5.34. The molecule has 1 aliphatic carbocycles. The van der Waals surface area contributed by atoms with Crippen molar-refractivity contribution in [3.05, 3.63) is 40.4 Å². The number of carbonyl (C=O) groups excluding carboxylic acids is 1. The zero-order chi connectivity index (χ0) is 16.2. The Bertz CT molecular complexity index is 675. The monoisotopic (exact) mass is 330 g/mol. The average Bonchev–Trinajstić information content (AvgIpc) is 3.13. The van der Waals surface area contributed by atoms with Gasteiger partial charge in [-0.1, -0.05) is 32.0 Å². The molecule has 122 valence electrons. The summed E-state index contributed by atoms with van der Waals surface area (Å²) < 4.78 is 5.74. The Labute approximate surface area is 140 Å². The molecule has 1 N–H and O–H groups in total. The minimum atomic E-state index is -0.156. The molecule has 1 aliphatic rings. The van der Waals surface area contributed by atoms with Crippen molar-refractivity contribution in [3.8, 4) is 5.75 Å². The molecule has 0 bridgehead atoms. The van der Waals surface area contributed by atoms with Gasteiger partial charge in [-0.15, -0.1) is 11.3 Å². The third-order valence-electron chi connectivity index (χ3n) is 4.26. The van der Waals surface area contributed by atoms with Crippen molar-refractivity contribution < 1.29 is 9.53 Å². The molecule has 1 aromatic carbocycles. The lowest BCUT2D eigenvalue weighted by Gasteiger charge is -2.15. The number of thiazole rings is 1. The Kier molecular flexibility index (Phi) is 4.96. The summed E-state index contributed by atoms with van der Waals surface area (Å²) in [5.74, 6) is 1.05. The van der Waals surface area contributed by atoms with Crippen molar-refractivity contribution in [2.75, 3.05) is 11.9 Å². The maximum absolute atomic E-state index is 12.1. The summed E-state index contributed by atoms with van der Waals surface area (Å²) in [6.45, 7) is 4.33. The highest BCUT2D eigenvalue weighted by atomic mass is 32.1. The van der Waals surface area contributed by atoms with Gasteiger partial charge in [-0.05, 0) is 43.2 Å². The molecule has 23 heavy (non-hydrogen) atoms. The van der Waals surface area contributed by atoms with Crippen molar-refractivity contribution in [3.63, 3.8) is 0 Å². The molecule has 1 amide bonds. The van der Waals surface area contributed by atoms with Gasteiger partial charge in [0.05, 0.1) is 5.69 Å². The molecule has 0 spiro atoms. The highest BCUT2D eigenvalue weighted by Gasteiger charge is 2.18. The van der Waals surface area contributed by atoms with Crippen molar-refractivity contribution >= 4 is 22.4 Å². The number of benzene rings is 1. The summed E-state index contributed by atoms with van der Waals surface area (Å²) in [6, 6.07) is 7.93. The molecular weight excluding hydrogens is 308 g/mol. The fraction of sp³-hybridized carbons (Fsp3) is 0.444. The Morgan fingerprint density at radius 1 is 1.39 bits per heavy atom. The molecule has 0 radical (unpaired) electrons. The number of amides is 1. The zero-order valence-electron chi connectivity index (χ0n) is 13.6. The van der Waals surface area contributed by atoms with Gasteiger partial charge in [-0.25, -0.2) is 4.98 Å². The highest BCUT2D eigenvalue weighted by molar-refractivity contribution is 7.15. The van der Waals surface area contributed by atoms with E-state index in [1.165, 1.54) is 11.3 Å². The van der Waals surface area contributed by atoms with Crippen LogP contribution in [0.15, 0.2) is 24.3 Å². The first-order valence-corrected chi connectivity index (χ1v) is 8.99. The van der Waals surface area contributed by atoms with Gasteiger partial charge < -0.3 is 4.74 Å². The predicted molar refractivity (Wildman–Crippen MR) is 93.4 cm³/mol. The van der Waals surface area contributed by atoms with Gasteiger partial charge in [-0.2, -0.15) is 0 Å². The van der Waals surface area contributed by atoms with Crippen LogP contribution >= 0.6 is 11.3 Å². The van der Waals surface area contributed by atoms with Crippen LogP contribution in [0.4, 0.5) is 5.13 Å². The van der Waals surface area contributed by atoms with Gasteiger partial charge in [0.2, 0.25) is 0 Å². The van der Waals surface area contributed by atoms with E-state index in [0.29, 0.717) is 11.0 Å². The maximum Gasteiger partial charge on any atom is 0.264 e. The second kappa shape index (κ2) is 7.13. The number of aromatic nitrogens is 1. The van der Waals surface area contributed by atoms with Crippen LogP contribution in [0.2, 0.25) is 0 Å². The first kappa shape index (κ1) is 16.0. The van der Waals surface area contributed by atoms with Gasteiger partial charge in [0, 0.05) is 4.88 Å². The summed E-state index contributed by atoms with van der Waals surface area (Å²) >= 11 is 1.59. The van der Waals surface area contributed by atoms with Crippen molar-refractivity contribution in [1.29, 1.82) is 0 Å². The van der Waals surface area contributed by atoms with Gasteiger partial charge in [-0.3, -0.25) is 10.1 Å². The molecule has 1 heterocycles. The lowest BCUT2D eigenvalue weighted by atomic mass is 9.98. The van der Waals surface area contributed by atoms with E-state index in [9.17, 15) is 4.79 Å². The minimum absolute atomic E-state index is 0.0116. The fourth-order valence-electron chi connectivity index (χ4n) is 2.78. The number of hydrogen-bond acceptors (Lipinski definition) is 4. The second-order valence-electron chi connectivity index (χ2n) is 5.93. The predicted octanol–water partition coefficient (Wildman–Crippen LogP) is 4.16. The molecular formula is C18H22N2O2S. The summed E-state index contributed by atoms with van der Waals surface area (Å²) in [5.41, 5.74) is 2.30. The smallest absolute Gasteiger partial charge is 0.264 e. The molecule has 0 aliphatic heterocycles. The SMILES string of the molecule is CC[C@@H](C)c1ccccc1OCC(=O)Nc1nc2c(s1)CCC2. The Hall–Kier alpha value is -1.88. The van der Waals surface area contributed by atoms with Crippen LogP contribution in [0, 0.1) is 0 Å². The second-order valence-corrected chi connectivity index (χ2v) is 7.01. The van der Waals surface area contributed by atoms with E-state index in [2.05, 4.69) is 30.2 Å². The van der Waals surface area contributed by atoms with Crippen LogP contribution in [-0.4, -0.2) is 17.5 Å². The lowest BCUT2D eigenvalue weighted by molar-refractivity contribution is -0.118. The number of ether oxygens (including phenoxy) is 1. The molecule has 3 rings (SSSR count). The van der Waals surface area contributed by atoms with Crippen molar-refractivity contribution in [2.45, 2.75) is 45.4 Å². The number of para-hydroxylation sites is 1. The van der Waals surface area contributed by atoms with Crippen LogP contribution in [0.1, 0.15) is 48.7 Å². The maximum atomic E-state index is 12.1. The van der Waals surface area contributed by atoms with Crippen molar-refractivity contribution in [1.82, 2.24) is 4.98 Å². The van der Waals surface area contributed by atoms with E-state index in [1.807, 2.05) is 18.2 Å². The number of fused-ring (bicyclic) bond motifs is 1. The minimum Gasteiger partial charge on any atom is -0.483 e. The van der Waals surface area contributed by atoms with Gasteiger partial charge in [0.1, 0.15) is 5.75 Å². The molecule has 1 aromatic heterocycles. The summed E-state index contributed by atoms with van der Waals surface area (Å²) in [5, 5.41) is 3.54. The summed E-state index contributed by atoms with van der Waals surface area (Å²) in [7, 11) is 0. The Balaban J connectivity index is 1.58. The Morgan fingerprint density at radius 3 is 3.00 bits per heavy atom. The van der Waals surface area contributed by atoms with Gasteiger partial charge >= 0.3 is 0 Å². The van der Waals surface area contributed by atoms with E-state index in [-0.39, 0.29) is 12.5 Å². The van der Waals surface area contributed by atoms with Gasteiger partial charge in [0.15, 0.2) is 11.7 Å². The fourth-order valence-corrected chi connectivity index (χ4v) is 3.85. The molecule has 4 nitrogen and oxygen atoms in total. The number of rotatable bonds is 6. The average molecular weight is 330 g/mol. The van der Waals surface area contributed by atoms with Gasteiger partial charge in [0.25, 0.3) is 5.91 Å². The summed E-state index contributed by atoms with van der Waals surface area (Å²) in [4.78, 5) is 17.9. The summed E-state index contributed by atoms with van der Waals surface area (Å²) in [6.07, 6.45) is 4.33. The van der Waals surface area contributed by atoms with Crippen LogP contribution in [0.3, 0.4) is 0 Å². The number of anilines is 1. The number of carbonyl (C=O) groups is 1. The number of nitrogens with zero attached hydrogens (tertiary/aromatic N) is 1. The molecule has 0 saturated heterocycles. The number of aryl methyl sites for hydroxylation is 2. The van der Waals surface area contributed by atoms with E-state index < -0.39 is 0 Å².